The topological polar surface area (TPSA) is 69.0 Å². The van der Waals surface area contributed by atoms with Gasteiger partial charge in [0.05, 0.1) is 7.11 Å². The average Bonchev–Trinajstić information content (AvgIpc) is 3.12. The van der Waals surface area contributed by atoms with E-state index in [9.17, 15) is 4.79 Å². The van der Waals surface area contributed by atoms with Gasteiger partial charge >= 0.3 is 0 Å². The van der Waals surface area contributed by atoms with Gasteiger partial charge in [-0.3, -0.25) is 9.36 Å². The molecule has 6 nitrogen and oxygen atoms in total. The number of methoxy groups -OCH3 is 1. The minimum atomic E-state index is -0.0339. The van der Waals surface area contributed by atoms with E-state index in [4.69, 9.17) is 4.74 Å². The predicted octanol–water partition coefficient (Wildman–Crippen LogP) is 4.40. The molecule has 0 bridgehead atoms. The summed E-state index contributed by atoms with van der Waals surface area (Å²) in [5.74, 6) is 2.34. The summed E-state index contributed by atoms with van der Waals surface area (Å²) in [6.07, 6.45) is 0.911. The zero-order chi connectivity index (χ0) is 20.8. The summed E-state index contributed by atoms with van der Waals surface area (Å²) in [5.41, 5.74) is 2.79. The Labute approximate surface area is 175 Å². The van der Waals surface area contributed by atoms with Crippen molar-refractivity contribution in [1.82, 2.24) is 20.1 Å². The summed E-state index contributed by atoms with van der Waals surface area (Å²) < 4.78 is 7.26. The second kappa shape index (κ2) is 9.60. The minimum absolute atomic E-state index is 0.0339. The lowest BCUT2D eigenvalue weighted by atomic mass is 10.1. The molecule has 1 N–H and O–H groups in total. The molecule has 1 atom stereocenters. The fraction of sp³-hybridized carbons (Fsp3) is 0.318. The van der Waals surface area contributed by atoms with Crippen molar-refractivity contribution in [3.63, 3.8) is 0 Å². The standard InChI is InChI=1S/C22H26N4O2S/c1-5-15(2)23-21(27)18-8-6-17(7-9-18)14-29-22-25-24-16(3)26(22)19-10-12-20(28-4)13-11-19/h6-13,15H,5,14H2,1-4H3,(H,23,27). The molecular formula is C22H26N4O2S. The Morgan fingerprint density at radius 1 is 1.14 bits per heavy atom. The van der Waals surface area contributed by atoms with Gasteiger partial charge in [-0.1, -0.05) is 30.8 Å². The van der Waals surface area contributed by atoms with E-state index >= 15 is 0 Å². The Morgan fingerprint density at radius 3 is 2.45 bits per heavy atom. The molecule has 0 fully saturated rings. The Balaban J connectivity index is 1.68. The lowest BCUT2D eigenvalue weighted by molar-refractivity contribution is 0.0939. The first kappa shape index (κ1) is 20.9. The highest BCUT2D eigenvalue weighted by Crippen LogP contribution is 2.26. The Hall–Kier alpha value is -2.80. The van der Waals surface area contributed by atoms with E-state index in [1.807, 2.05) is 66.9 Å². The van der Waals surface area contributed by atoms with Crippen LogP contribution in [0.25, 0.3) is 5.69 Å². The number of aryl methyl sites for hydroxylation is 1. The van der Waals surface area contributed by atoms with Crippen LogP contribution in [0.3, 0.4) is 0 Å². The molecule has 0 aliphatic carbocycles. The molecule has 29 heavy (non-hydrogen) atoms. The van der Waals surface area contributed by atoms with Crippen LogP contribution in [0.5, 0.6) is 5.75 Å². The number of aromatic nitrogens is 3. The van der Waals surface area contributed by atoms with Gasteiger partial charge in [0.1, 0.15) is 11.6 Å². The highest BCUT2D eigenvalue weighted by Gasteiger charge is 2.13. The summed E-state index contributed by atoms with van der Waals surface area (Å²) in [6.45, 7) is 5.99. The van der Waals surface area contributed by atoms with Gasteiger partial charge < -0.3 is 10.1 Å². The molecule has 0 aliphatic rings. The van der Waals surface area contributed by atoms with E-state index in [0.29, 0.717) is 5.56 Å². The van der Waals surface area contributed by atoms with Gasteiger partial charge in [-0.15, -0.1) is 10.2 Å². The molecule has 152 valence electrons. The second-order valence-corrected chi connectivity index (χ2v) is 7.77. The minimum Gasteiger partial charge on any atom is -0.497 e. The van der Waals surface area contributed by atoms with E-state index < -0.39 is 0 Å². The maximum atomic E-state index is 12.2. The van der Waals surface area contributed by atoms with Crippen LogP contribution in [0.4, 0.5) is 0 Å². The number of nitrogens with one attached hydrogen (secondary N) is 1. The first-order chi connectivity index (χ1) is 14.0. The highest BCUT2D eigenvalue weighted by atomic mass is 32.2. The van der Waals surface area contributed by atoms with Crippen LogP contribution in [-0.2, 0) is 5.75 Å². The molecule has 0 radical (unpaired) electrons. The van der Waals surface area contributed by atoms with Gasteiger partial charge in [0.15, 0.2) is 5.16 Å². The van der Waals surface area contributed by atoms with Crippen LogP contribution in [-0.4, -0.2) is 33.8 Å². The molecule has 2 aromatic carbocycles. The molecule has 0 aliphatic heterocycles. The number of rotatable bonds is 8. The fourth-order valence-electron chi connectivity index (χ4n) is 2.77. The summed E-state index contributed by atoms with van der Waals surface area (Å²) in [7, 11) is 1.65. The zero-order valence-corrected chi connectivity index (χ0v) is 18.0. The molecular weight excluding hydrogens is 384 g/mol. The molecule has 1 amide bonds. The number of carbonyl (C=O) groups excluding carboxylic acids is 1. The van der Waals surface area contributed by atoms with Crippen LogP contribution in [0.1, 0.15) is 42.0 Å². The predicted molar refractivity (Wildman–Crippen MR) is 116 cm³/mol. The SMILES string of the molecule is CCC(C)NC(=O)c1ccc(CSc2nnc(C)n2-c2ccc(OC)cc2)cc1. The normalized spacial score (nSPS) is 11.9. The summed E-state index contributed by atoms with van der Waals surface area (Å²) in [6, 6.07) is 15.7. The van der Waals surface area contributed by atoms with Crippen LogP contribution in [0.15, 0.2) is 53.7 Å². The molecule has 7 heteroatoms. The van der Waals surface area contributed by atoms with Crippen molar-refractivity contribution in [3.05, 3.63) is 65.5 Å². The van der Waals surface area contributed by atoms with Gasteiger partial charge in [0, 0.05) is 23.0 Å². The van der Waals surface area contributed by atoms with Crippen molar-refractivity contribution >= 4 is 17.7 Å². The molecule has 0 spiro atoms. The number of ether oxygens (including phenoxy) is 1. The summed E-state index contributed by atoms with van der Waals surface area (Å²) in [5, 5.41) is 12.4. The van der Waals surface area contributed by atoms with Gasteiger partial charge in [-0.05, 0) is 62.2 Å². The maximum absolute atomic E-state index is 12.2. The first-order valence-corrected chi connectivity index (χ1v) is 10.6. The van der Waals surface area contributed by atoms with Crippen LogP contribution in [0, 0.1) is 6.92 Å². The molecule has 0 saturated heterocycles. The van der Waals surface area contributed by atoms with Crippen LogP contribution in [0.2, 0.25) is 0 Å². The zero-order valence-electron chi connectivity index (χ0n) is 17.2. The van der Waals surface area contributed by atoms with Crippen LogP contribution < -0.4 is 10.1 Å². The molecule has 1 unspecified atom stereocenters. The number of benzene rings is 2. The Morgan fingerprint density at radius 2 is 1.83 bits per heavy atom. The van der Waals surface area contributed by atoms with Crippen molar-refractivity contribution in [1.29, 1.82) is 0 Å². The van der Waals surface area contributed by atoms with Crippen molar-refractivity contribution in [2.75, 3.05) is 7.11 Å². The lowest BCUT2D eigenvalue weighted by Crippen LogP contribution is -2.31. The smallest absolute Gasteiger partial charge is 0.251 e. The molecule has 3 aromatic rings. The van der Waals surface area contributed by atoms with Gasteiger partial charge in [-0.25, -0.2) is 0 Å². The molecule has 0 saturated carbocycles. The van der Waals surface area contributed by atoms with E-state index in [0.717, 1.165) is 40.2 Å². The van der Waals surface area contributed by atoms with E-state index in [-0.39, 0.29) is 11.9 Å². The number of carbonyl (C=O) groups is 1. The third-order valence-corrected chi connectivity index (χ3v) is 5.70. The van der Waals surface area contributed by atoms with Crippen molar-refractivity contribution < 1.29 is 9.53 Å². The molecule has 1 aromatic heterocycles. The number of amides is 1. The van der Waals surface area contributed by atoms with Gasteiger partial charge in [0.2, 0.25) is 0 Å². The average molecular weight is 411 g/mol. The van der Waals surface area contributed by atoms with Gasteiger partial charge in [-0.2, -0.15) is 0 Å². The summed E-state index contributed by atoms with van der Waals surface area (Å²) in [4.78, 5) is 12.2. The monoisotopic (exact) mass is 410 g/mol. The van der Waals surface area contributed by atoms with Crippen molar-refractivity contribution in [2.45, 2.75) is 44.1 Å². The molecule has 3 rings (SSSR count). The summed E-state index contributed by atoms with van der Waals surface area (Å²) >= 11 is 1.61. The number of hydrogen-bond donors (Lipinski definition) is 1. The largest absolute Gasteiger partial charge is 0.497 e. The van der Waals surface area contributed by atoms with Crippen molar-refractivity contribution in [3.8, 4) is 11.4 Å². The third kappa shape index (κ3) is 5.17. The van der Waals surface area contributed by atoms with E-state index in [2.05, 4.69) is 22.4 Å². The van der Waals surface area contributed by atoms with Gasteiger partial charge in [0.25, 0.3) is 5.91 Å². The van der Waals surface area contributed by atoms with E-state index in [1.54, 1.807) is 18.9 Å². The van der Waals surface area contributed by atoms with Crippen LogP contribution >= 0.6 is 11.8 Å². The quantitative estimate of drug-likeness (QED) is 0.557. The lowest BCUT2D eigenvalue weighted by Gasteiger charge is -2.12. The number of hydrogen-bond acceptors (Lipinski definition) is 5. The highest BCUT2D eigenvalue weighted by molar-refractivity contribution is 7.98. The molecule has 1 heterocycles. The first-order valence-electron chi connectivity index (χ1n) is 9.60. The van der Waals surface area contributed by atoms with Crippen molar-refractivity contribution in [2.24, 2.45) is 0 Å². The third-order valence-electron chi connectivity index (χ3n) is 4.70. The maximum Gasteiger partial charge on any atom is 0.251 e. The Bertz CT molecular complexity index is 952. The fourth-order valence-corrected chi connectivity index (χ4v) is 3.73. The Kier molecular flexibility index (Phi) is 6.93. The number of thioether (sulfide) groups is 1. The van der Waals surface area contributed by atoms with E-state index in [1.165, 1.54) is 0 Å². The second-order valence-electron chi connectivity index (χ2n) is 6.83. The number of nitrogens with zero attached hydrogens (tertiary/aromatic N) is 3.